The number of rotatable bonds is 4. The largest absolute Gasteiger partial charge is 0.480 e. The van der Waals surface area contributed by atoms with E-state index in [9.17, 15) is 14.7 Å². The summed E-state index contributed by atoms with van der Waals surface area (Å²) in [5.41, 5.74) is -0.697. The van der Waals surface area contributed by atoms with Crippen LogP contribution in [0.1, 0.15) is 19.8 Å². The number of carbonyl (C=O) groups is 2. The number of urea groups is 1. The minimum absolute atomic E-state index is 0.0162. The Labute approximate surface area is 147 Å². The molecule has 2 amide bonds. The number of hydrogen-bond acceptors (Lipinski definition) is 2. The third-order valence-corrected chi connectivity index (χ3v) is 5.17. The van der Waals surface area contributed by atoms with Gasteiger partial charge in [0.15, 0.2) is 0 Å². The van der Waals surface area contributed by atoms with Gasteiger partial charge in [-0.1, -0.05) is 15.9 Å². The first-order chi connectivity index (χ1) is 9.74. The van der Waals surface area contributed by atoms with Crippen molar-refractivity contribution in [2.45, 2.75) is 25.3 Å². The molecule has 0 aromatic heterocycles. The molecular formula is C13H13Br3N2O3. The summed E-state index contributed by atoms with van der Waals surface area (Å²) in [6, 6.07) is 3.03. The maximum atomic E-state index is 12.1. The first kappa shape index (κ1) is 16.8. The SMILES string of the molecule is CC(NC(=O)Nc1c(Br)cc(Br)cc1Br)(C(=O)O)C1CC1. The summed E-state index contributed by atoms with van der Waals surface area (Å²) in [4.78, 5) is 23.5. The van der Waals surface area contributed by atoms with Gasteiger partial charge in [0.05, 0.1) is 5.69 Å². The Morgan fingerprint density at radius 1 is 1.24 bits per heavy atom. The first-order valence-corrected chi connectivity index (χ1v) is 8.59. The highest BCUT2D eigenvalue weighted by molar-refractivity contribution is 9.11. The van der Waals surface area contributed by atoms with Crippen LogP contribution in [-0.4, -0.2) is 22.6 Å². The van der Waals surface area contributed by atoms with E-state index < -0.39 is 17.5 Å². The summed E-state index contributed by atoms with van der Waals surface area (Å²) in [5, 5.41) is 14.6. The summed E-state index contributed by atoms with van der Waals surface area (Å²) >= 11 is 10.1. The van der Waals surface area contributed by atoms with Gasteiger partial charge in [-0.05, 0) is 69.7 Å². The number of anilines is 1. The van der Waals surface area contributed by atoms with E-state index in [1.165, 1.54) is 6.92 Å². The molecule has 0 bridgehead atoms. The molecular weight excluding hydrogens is 472 g/mol. The number of carboxylic acids is 1. The molecule has 1 aliphatic carbocycles. The van der Waals surface area contributed by atoms with Crippen molar-refractivity contribution >= 4 is 65.5 Å². The number of carbonyl (C=O) groups excluding carboxylic acids is 1. The molecule has 0 saturated heterocycles. The van der Waals surface area contributed by atoms with E-state index in [1.807, 2.05) is 0 Å². The second-order valence-corrected chi connectivity index (χ2v) is 7.73. The molecule has 8 heteroatoms. The summed E-state index contributed by atoms with van der Waals surface area (Å²) in [6.07, 6.45) is 1.63. The molecule has 21 heavy (non-hydrogen) atoms. The van der Waals surface area contributed by atoms with Crippen LogP contribution in [0.15, 0.2) is 25.6 Å². The smallest absolute Gasteiger partial charge is 0.329 e. The van der Waals surface area contributed by atoms with Gasteiger partial charge < -0.3 is 15.7 Å². The van der Waals surface area contributed by atoms with Gasteiger partial charge in [-0.2, -0.15) is 0 Å². The molecule has 1 atom stereocenters. The van der Waals surface area contributed by atoms with Crippen LogP contribution < -0.4 is 10.6 Å². The average molecular weight is 485 g/mol. The van der Waals surface area contributed by atoms with Gasteiger partial charge in [0.2, 0.25) is 0 Å². The zero-order valence-corrected chi connectivity index (χ0v) is 15.8. The minimum atomic E-state index is -1.24. The van der Waals surface area contributed by atoms with Gasteiger partial charge >= 0.3 is 12.0 Å². The van der Waals surface area contributed by atoms with Gasteiger partial charge in [-0.3, -0.25) is 0 Å². The van der Waals surface area contributed by atoms with Crippen molar-refractivity contribution in [3.8, 4) is 0 Å². The Bertz CT molecular complexity index is 581. The zero-order valence-electron chi connectivity index (χ0n) is 11.0. The molecule has 0 aliphatic heterocycles. The molecule has 1 fully saturated rings. The van der Waals surface area contributed by atoms with Crippen LogP contribution in [0.2, 0.25) is 0 Å². The van der Waals surface area contributed by atoms with E-state index >= 15 is 0 Å². The van der Waals surface area contributed by atoms with E-state index in [0.29, 0.717) is 14.6 Å². The van der Waals surface area contributed by atoms with Gasteiger partial charge in [0, 0.05) is 13.4 Å². The van der Waals surface area contributed by atoms with Crippen LogP contribution in [-0.2, 0) is 4.79 Å². The van der Waals surface area contributed by atoms with Crippen molar-refractivity contribution in [1.29, 1.82) is 0 Å². The lowest BCUT2D eigenvalue weighted by atomic mass is 9.96. The number of amides is 2. The summed E-state index contributed by atoms with van der Waals surface area (Å²) in [7, 11) is 0. The van der Waals surface area contributed by atoms with Crippen molar-refractivity contribution in [2.24, 2.45) is 5.92 Å². The van der Waals surface area contributed by atoms with Crippen molar-refractivity contribution in [3.63, 3.8) is 0 Å². The minimum Gasteiger partial charge on any atom is -0.480 e. The second-order valence-electron chi connectivity index (χ2n) is 5.11. The highest BCUT2D eigenvalue weighted by Crippen LogP contribution is 2.40. The third-order valence-electron chi connectivity index (χ3n) is 3.46. The maximum Gasteiger partial charge on any atom is 0.329 e. The molecule has 0 heterocycles. The zero-order chi connectivity index (χ0) is 15.8. The van der Waals surface area contributed by atoms with Crippen LogP contribution in [0.3, 0.4) is 0 Å². The lowest BCUT2D eigenvalue weighted by molar-refractivity contribution is -0.144. The number of halogens is 3. The fourth-order valence-electron chi connectivity index (χ4n) is 2.03. The van der Waals surface area contributed by atoms with Crippen molar-refractivity contribution in [2.75, 3.05) is 5.32 Å². The standard InChI is InChI=1S/C13H13Br3N2O3/c1-13(11(19)20,6-2-3-6)18-12(21)17-10-8(15)4-7(14)5-9(10)16/h4-6H,2-3H2,1H3,(H,19,20)(H2,17,18,21). The monoisotopic (exact) mass is 482 g/mol. The van der Waals surface area contributed by atoms with Crippen LogP contribution in [0.25, 0.3) is 0 Å². The fourth-order valence-corrected chi connectivity index (χ4v) is 4.49. The lowest BCUT2D eigenvalue weighted by Gasteiger charge is -2.26. The molecule has 1 aromatic carbocycles. The second kappa shape index (κ2) is 6.26. The van der Waals surface area contributed by atoms with Gasteiger partial charge in [-0.15, -0.1) is 0 Å². The molecule has 1 unspecified atom stereocenters. The Kier molecular flexibility index (Phi) is 4.99. The Hall–Kier alpha value is -0.600. The van der Waals surface area contributed by atoms with E-state index in [1.54, 1.807) is 12.1 Å². The Morgan fingerprint density at radius 3 is 2.19 bits per heavy atom. The third kappa shape index (κ3) is 3.78. The number of benzene rings is 1. The van der Waals surface area contributed by atoms with Crippen LogP contribution >= 0.6 is 47.8 Å². The lowest BCUT2D eigenvalue weighted by Crippen LogP contribution is -2.55. The normalized spacial score (nSPS) is 17.0. The summed E-state index contributed by atoms with van der Waals surface area (Å²) in [6.45, 7) is 1.54. The topological polar surface area (TPSA) is 78.4 Å². The summed E-state index contributed by atoms with van der Waals surface area (Å²) < 4.78 is 2.21. The molecule has 2 rings (SSSR count). The fraction of sp³-hybridized carbons (Fsp3) is 0.385. The van der Waals surface area contributed by atoms with Gasteiger partial charge in [-0.25, -0.2) is 9.59 Å². The Morgan fingerprint density at radius 2 is 1.76 bits per heavy atom. The highest BCUT2D eigenvalue weighted by Gasteiger charge is 2.48. The predicted octanol–water partition coefficient (Wildman–Crippen LogP) is 4.35. The van der Waals surface area contributed by atoms with E-state index in [-0.39, 0.29) is 5.92 Å². The van der Waals surface area contributed by atoms with E-state index in [4.69, 9.17) is 0 Å². The van der Waals surface area contributed by atoms with Crippen molar-refractivity contribution < 1.29 is 14.7 Å². The molecule has 5 nitrogen and oxygen atoms in total. The number of hydrogen-bond donors (Lipinski definition) is 3. The van der Waals surface area contributed by atoms with Gasteiger partial charge in [0.1, 0.15) is 5.54 Å². The molecule has 114 valence electrons. The number of nitrogens with one attached hydrogen (secondary N) is 2. The molecule has 3 N–H and O–H groups in total. The predicted molar refractivity (Wildman–Crippen MR) is 90.5 cm³/mol. The Balaban J connectivity index is 2.13. The maximum absolute atomic E-state index is 12.1. The number of aliphatic carboxylic acids is 1. The number of carboxylic acid groups (broad SMARTS) is 1. The van der Waals surface area contributed by atoms with Crippen LogP contribution in [0.4, 0.5) is 10.5 Å². The molecule has 0 spiro atoms. The summed E-state index contributed by atoms with van der Waals surface area (Å²) in [5.74, 6) is -1.04. The van der Waals surface area contributed by atoms with E-state index in [2.05, 4.69) is 58.4 Å². The molecule has 1 aliphatic rings. The van der Waals surface area contributed by atoms with Crippen LogP contribution in [0.5, 0.6) is 0 Å². The van der Waals surface area contributed by atoms with Crippen molar-refractivity contribution in [3.05, 3.63) is 25.6 Å². The highest BCUT2D eigenvalue weighted by atomic mass is 79.9. The quantitative estimate of drug-likeness (QED) is 0.594. The van der Waals surface area contributed by atoms with Crippen LogP contribution in [0, 0.1) is 5.92 Å². The molecule has 1 saturated carbocycles. The molecule has 1 aromatic rings. The first-order valence-electron chi connectivity index (χ1n) is 6.21. The van der Waals surface area contributed by atoms with Gasteiger partial charge in [0.25, 0.3) is 0 Å². The van der Waals surface area contributed by atoms with Crippen molar-refractivity contribution in [1.82, 2.24) is 5.32 Å². The molecule has 0 radical (unpaired) electrons. The average Bonchev–Trinajstić information content (AvgIpc) is 3.17. The van der Waals surface area contributed by atoms with E-state index in [0.717, 1.165) is 17.3 Å².